The highest BCUT2D eigenvalue weighted by atomic mass is 16.3. The molecule has 0 aliphatic heterocycles. The molecule has 1 saturated carbocycles. The van der Waals surface area contributed by atoms with Gasteiger partial charge in [-0.05, 0) is 18.8 Å². The fourth-order valence-electron chi connectivity index (χ4n) is 1.45. The van der Waals surface area contributed by atoms with Crippen LogP contribution in [0.2, 0.25) is 0 Å². The highest BCUT2D eigenvalue weighted by molar-refractivity contribution is 4.76. The van der Waals surface area contributed by atoms with Gasteiger partial charge in [-0.25, -0.2) is 0 Å². The molecule has 0 aromatic rings. The van der Waals surface area contributed by atoms with Crippen LogP contribution < -0.4 is 0 Å². The van der Waals surface area contributed by atoms with Crippen molar-refractivity contribution in [3.8, 4) is 0 Å². The molecule has 0 radical (unpaired) electrons. The SMILES string of the molecule is CC1CCCC[C@@H]1N=O. The number of nitrogens with zero attached hydrogens (tertiary/aromatic N) is 1. The molecule has 0 amide bonds. The second kappa shape index (κ2) is 2.95. The summed E-state index contributed by atoms with van der Waals surface area (Å²) in [6.07, 6.45) is 4.69. The molecule has 0 N–H and O–H groups in total. The zero-order chi connectivity index (χ0) is 6.69. The van der Waals surface area contributed by atoms with Crippen LogP contribution in [0.4, 0.5) is 0 Å². The summed E-state index contributed by atoms with van der Waals surface area (Å²) in [6, 6.07) is 0.124. The molecule has 0 aromatic carbocycles. The molecule has 0 bridgehead atoms. The first-order valence-electron chi connectivity index (χ1n) is 3.67. The van der Waals surface area contributed by atoms with E-state index in [1.54, 1.807) is 0 Å². The maximum Gasteiger partial charge on any atom is 0.0945 e. The Kier molecular flexibility index (Phi) is 2.20. The Labute approximate surface area is 55.6 Å². The van der Waals surface area contributed by atoms with Gasteiger partial charge in [-0.3, -0.25) is 0 Å². The number of rotatable bonds is 1. The summed E-state index contributed by atoms with van der Waals surface area (Å²) in [6.45, 7) is 2.12. The zero-order valence-electron chi connectivity index (χ0n) is 5.84. The standard InChI is InChI=1S/C7H13NO/c1-6-4-2-3-5-7(6)8-9/h6-7H,2-5H2,1H3/t6?,7-/m0/s1. The smallest absolute Gasteiger partial charge is 0.0945 e. The minimum Gasteiger partial charge on any atom is -0.151 e. The third-order valence-electron chi connectivity index (χ3n) is 2.20. The van der Waals surface area contributed by atoms with Crippen molar-refractivity contribution in [1.82, 2.24) is 0 Å². The summed E-state index contributed by atoms with van der Waals surface area (Å²) in [4.78, 5) is 10.1. The molecule has 2 nitrogen and oxygen atoms in total. The second-order valence-corrected chi connectivity index (χ2v) is 2.93. The van der Waals surface area contributed by atoms with Crippen LogP contribution in [0.1, 0.15) is 32.6 Å². The Balaban J connectivity index is 2.38. The van der Waals surface area contributed by atoms with Crippen molar-refractivity contribution in [2.24, 2.45) is 11.1 Å². The molecule has 0 saturated heterocycles. The lowest BCUT2D eigenvalue weighted by molar-refractivity contribution is 0.331. The number of hydrogen-bond acceptors (Lipinski definition) is 2. The Morgan fingerprint density at radius 2 is 2.00 bits per heavy atom. The quantitative estimate of drug-likeness (QED) is 0.497. The van der Waals surface area contributed by atoms with Crippen LogP contribution in [0, 0.1) is 10.8 Å². The normalized spacial score (nSPS) is 36.1. The summed E-state index contributed by atoms with van der Waals surface area (Å²) < 4.78 is 0. The molecule has 1 rings (SSSR count). The van der Waals surface area contributed by atoms with Gasteiger partial charge in [-0.15, -0.1) is 0 Å². The van der Waals surface area contributed by atoms with Crippen molar-refractivity contribution < 1.29 is 0 Å². The molecular weight excluding hydrogens is 114 g/mol. The van der Waals surface area contributed by atoms with E-state index in [2.05, 4.69) is 12.1 Å². The van der Waals surface area contributed by atoms with Crippen molar-refractivity contribution in [2.75, 3.05) is 0 Å². The van der Waals surface area contributed by atoms with Gasteiger partial charge in [0.15, 0.2) is 0 Å². The lowest BCUT2D eigenvalue weighted by Crippen LogP contribution is -2.19. The first kappa shape index (κ1) is 6.72. The van der Waals surface area contributed by atoms with Gasteiger partial charge >= 0.3 is 0 Å². The summed E-state index contributed by atoms with van der Waals surface area (Å²) in [5, 5.41) is 3.08. The lowest BCUT2D eigenvalue weighted by atomic mass is 9.87. The van der Waals surface area contributed by atoms with E-state index in [0.717, 1.165) is 6.42 Å². The van der Waals surface area contributed by atoms with E-state index in [4.69, 9.17) is 0 Å². The van der Waals surface area contributed by atoms with Gasteiger partial charge in [-0.1, -0.05) is 24.9 Å². The van der Waals surface area contributed by atoms with Crippen molar-refractivity contribution in [3.63, 3.8) is 0 Å². The molecule has 0 spiro atoms. The third kappa shape index (κ3) is 1.50. The van der Waals surface area contributed by atoms with Crippen LogP contribution in [-0.4, -0.2) is 6.04 Å². The van der Waals surface area contributed by atoms with Gasteiger partial charge in [0.1, 0.15) is 0 Å². The summed E-state index contributed by atoms with van der Waals surface area (Å²) in [7, 11) is 0. The highest BCUT2D eigenvalue weighted by Crippen LogP contribution is 2.25. The van der Waals surface area contributed by atoms with Crippen molar-refractivity contribution in [1.29, 1.82) is 0 Å². The Bertz CT molecular complexity index is 103. The molecule has 1 aliphatic rings. The number of nitroso groups, excluding NO2 is 1. The van der Waals surface area contributed by atoms with Gasteiger partial charge in [0.25, 0.3) is 0 Å². The van der Waals surface area contributed by atoms with E-state index in [-0.39, 0.29) is 6.04 Å². The van der Waals surface area contributed by atoms with Crippen LogP contribution in [0.25, 0.3) is 0 Å². The Hall–Kier alpha value is -0.400. The first-order chi connectivity index (χ1) is 4.34. The minimum absolute atomic E-state index is 0.124. The van der Waals surface area contributed by atoms with Crippen LogP contribution >= 0.6 is 0 Å². The molecule has 0 heterocycles. The maximum atomic E-state index is 10.1. The largest absolute Gasteiger partial charge is 0.151 e. The molecule has 1 fully saturated rings. The van der Waals surface area contributed by atoms with Gasteiger partial charge in [-0.2, -0.15) is 4.91 Å². The molecular formula is C7H13NO. The van der Waals surface area contributed by atoms with Gasteiger partial charge in [0, 0.05) is 0 Å². The minimum atomic E-state index is 0.124. The topological polar surface area (TPSA) is 29.4 Å². The average molecular weight is 127 g/mol. The monoisotopic (exact) mass is 127 g/mol. The third-order valence-corrected chi connectivity index (χ3v) is 2.20. The van der Waals surface area contributed by atoms with Crippen molar-refractivity contribution in [2.45, 2.75) is 38.6 Å². The maximum absolute atomic E-state index is 10.1. The van der Waals surface area contributed by atoms with Gasteiger partial charge in [0.05, 0.1) is 6.04 Å². The van der Waals surface area contributed by atoms with Crippen LogP contribution in [0.3, 0.4) is 0 Å². The zero-order valence-corrected chi connectivity index (χ0v) is 5.84. The van der Waals surface area contributed by atoms with Gasteiger partial charge < -0.3 is 0 Å². The van der Waals surface area contributed by atoms with Gasteiger partial charge in [0.2, 0.25) is 0 Å². The fourth-order valence-corrected chi connectivity index (χ4v) is 1.45. The number of hydrogen-bond donors (Lipinski definition) is 0. The lowest BCUT2D eigenvalue weighted by Gasteiger charge is -2.21. The highest BCUT2D eigenvalue weighted by Gasteiger charge is 2.20. The molecule has 9 heavy (non-hydrogen) atoms. The van der Waals surface area contributed by atoms with E-state index >= 15 is 0 Å². The van der Waals surface area contributed by atoms with Crippen LogP contribution in [0.5, 0.6) is 0 Å². The summed E-state index contributed by atoms with van der Waals surface area (Å²) >= 11 is 0. The Morgan fingerprint density at radius 3 is 2.44 bits per heavy atom. The predicted octanol–water partition coefficient (Wildman–Crippen LogP) is 2.33. The van der Waals surface area contributed by atoms with E-state index in [1.807, 2.05) is 0 Å². The molecule has 2 heteroatoms. The van der Waals surface area contributed by atoms with E-state index in [9.17, 15) is 4.91 Å². The summed E-state index contributed by atoms with van der Waals surface area (Å²) in [5.41, 5.74) is 0. The first-order valence-corrected chi connectivity index (χ1v) is 3.67. The Morgan fingerprint density at radius 1 is 1.33 bits per heavy atom. The second-order valence-electron chi connectivity index (χ2n) is 2.93. The van der Waals surface area contributed by atoms with E-state index in [1.165, 1.54) is 19.3 Å². The van der Waals surface area contributed by atoms with Crippen LogP contribution in [0.15, 0.2) is 5.18 Å². The summed E-state index contributed by atoms with van der Waals surface area (Å²) in [5.74, 6) is 0.538. The molecule has 1 unspecified atom stereocenters. The molecule has 52 valence electrons. The van der Waals surface area contributed by atoms with Crippen molar-refractivity contribution >= 4 is 0 Å². The predicted molar refractivity (Wildman–Crippen MR) is 37.2 cm³/mol. The fraction of sp³-hybridized carbons (Fsp3) is 1.00. The van der Waals surface area contributed by atoms with Crippen LogP contribution in [-0.2, 0) is 0 Å². The average Bonchev–Trinajstić information content (AvgIpc) is 1.89. The van der Waals surface area contributed by atoms with E-state index in [0.29, 0.717) is 5.92 Å². The molecule has 2 atom stereocenters. The molecule has 1 aliphatic carbocycles. The van der Waals surface area contributed by atoms with E-state index < -0.39 is 0 Å². The van der Waals surface area contributed by atoms with Crippen molar-refractivity contribution in [3.05, 3.63) is 4.91 Å². The molecule has 0 aromatic heterocycles.